The maximum Gasteiger partial charge on any atom is 0.294 e. The summed E-state index contributed by atoms with van der Waals surface area (Å²) >= 11 is 3.18. The van der Waals surface area contributed by atoms with Crippen LogP contribution in [0.5, 0.6) is 5.75 Å². The molecule has 0 aliphatic heterocycles. The number of benzene rings is 2. The number of rotatable bonds is 5. The van der Waals surface area contributed by atoms with Gasteiger partial charge in [0.1, 0.15) is 23.9 Å². The summed E-state index contributed by atoms with van der Waals surface area (Å²) in [5, 5.41) is 10.9. The van der Waals surface area contributed by atoms with E-state index in [-0.39, 0.29) is 18.0 Å². The molecular weight excluding hydrogens is 345 g/mol. The Balaban J connectivity index is 2.24. The first kappa shape index (κ1) is 15.2. The molecule has 0 aliphatic rings. The van der Waals surface area contributed by atoms with E-state index in [1.54, 1.807) is 6.07 Å². The van der Waals surface area contributed by atoms with Gasteiger partial charge in [0.25, 0.3) is 5.69 Å². The van der Waals surface area contributed by atoms with Gasteiger partial charge in [-0.05, 0) is 34.1 Å². The second kappa shape index (κ2) is 6.51. The number of ether oxygens (including phenoxy) is 1. The van der Waals surface area contributed by atoms with Crippen molar-refractivity contribution in [2.75, 3.05) is 5.43 Å². The van der Waals surface area contributed by atoms with Crippen LogP contribution in [0.3, 0.4) is 0 Å². The largest absolute Gasteiger partial charge is 0.488 e. The number of nitro groups is 1. The molecule has 0 aliphatic carbocycles. The van der Waals surface area contributed by atoms with Gasteiger partial charge < -0.3 is 10.2 Å². The fraction of sp³-hybridized carbons (Fsp3) is 0.0769. The number of anilines is 1. The van der Waals surface area contributed by atoms with Crippen LogP contribution >= 0.6 is 15.9 Å². The molecule has 21 heavy (non-hydrogen) atoms. The number of hydrazine groups is 1. The van der Waals surface area contributed by atoms with Gasteiger partial charge in [-0.2, -0.15) is 0 Å². The van der Waals surface area contributed by atoms with E-state index >= 15 is 0 Å². The Labute approximate surface area is 128 Å². The van der Waals surface area contributed by atoms with Gasteiger partial charge in [-0.25, -0.2) is 4.39 Å². The molecule has 0 amide bonds. The third kappa shape index (κ3) is 3.47. The Kier molecular flexibility index (Phi) is 4.71. The topological polar surface area (TPSA) is 90.4 Å². The van der Waals surface area contributed by atoms with Gasteiger partial charge in [-0.15, -0.1) is 0 Å². The zero-order chi connectivity index (χ0) is 15.4. The minimum Gasteiger partial charge on any atom is -0.488 e. The first-order chi connectivity index (χ1) is 10.0. The quantitative estimate of drug-likeness (QED) is 0.487. The maximum absolute atomic E-state index is 13.0. The molecule has 2 rings (SSSR count). The molecule has 0 spiro atoms. The van der Waals surface area contributed by atoms with Crippen LogP contribution in [0.25, 0.3) is 0 Å². The van der Waals surface area contributed by atoms with Gasteiger partial charge in [0.2, 0.25) is 0 Å². The third-order valence-electron chi connectivity index (χ3n) is 2.75. The summed E-state index contributed by atoms with van der Waals surface area (Å²) in [4.78, 5) is 10.4. The van der Waals surface area contributed by atoms with E-state index < -0.39 is 10.7 Å². The summed E-state index contributed by atoms with van der Waals surface area (Å²) in [6, 6.07) is 8.52. The van der Waals surface area contributed by atoms with Gasteiger partial charge in [-0.1, -0.05) is 12.1 Å². The van der Waals surface area contributed by atoms with E-state index in [0.29, 0.717) is 15.8 Å². The number of nitrogen functional groups attached to an aromatic ring is 1. The molecule has 8 heteroatoms. The van der Waals surface area contributed by atoms with Gasteiger partial charge in [0.15, 0.2) is 0 Å². The molecule has 0 radical (unpaired) electrons. The van der Waals surface area contributed by atoms with Crippen LogP contribution in [0.1, 0.15) is 5.56 Å². The number of nitrogens with two attached hydrogens (primary N) is 1. The SMILES string of the molecule is NNc1c(COc2ccc(F)cc2Br)cccc1[N+](=O)[O-]. The lowest BCUT2D eigenvalue weighted by Crippen LogP contribution is -2.12. The van der Waals surface area contributed by atoms with Crippen LogP contribution in [0.15, 0.2) is 40.9 Å². The van der Waals surface area contributed by atoms with Crippen LogP contribution in [-0.4, -0.2) is 4.92 Å². The second-order valence-corrected chi connectivity index (χ2v) is 4.93. The highest BCUT2D eigenvalue weighted by Crippen LogP contribution is 2.30. The van der Waals surface area contributed by atoms with Crippen molar-refractivity contribution in [3.05, 3.63) is 62.4 Å². The average molecular weight is 356 g/mol. The van der Waals surface area contributed by atoms with Crippen molar-refractivity contribution in [3.63, 3.8) is 0 Å². The number of hydrogen-bond acceptors (Lipinski definition) is 5. The monoisotopic (exact) mass is 355 g/mol. The summed E-state index contributed by atoms with van der Waals surface area (Å²) in [7, 11) is 0. The predicted molar refractivity (Wildman–Crippen MR) is 79.3 cm³/mol. The summed E-state index contributed by atoms with van der Waals surface area (Å²) in [5.41, 5.74) is 2.87. The smallest absolute Gasteiger partial charge is 0.294 e. The molecule has 0 saturated heterocycles. The highest BCUT2D eigenvalue weighted by molar-refractivity contribution is 9.10. The van der Waals surface area contributed by atoms with Crippen LogP contribution in [0.4, 0.5) is 15.8 Å². The van der Waals surface area contributed by atoms with E-state index in [1.807, 2.05) is 0 Å². The fourth-order valence-corrected chi connectivity index (χ4v) is 2.24. The molecule has 0 unspecified atom stereocenters. The summed E-state index contributed by atoms with van der Waals surface area (Å²) in [6.45, 7) is 0.0471. The Hall–Kier alpha value is -2.19. The average Bonchev–Trinajstić information content (AvgIpc) is 2.45. The molecule has 0 fully saturated rings. The van der Waals surface area contributed by atoms with Crippen LogP contribution in [0.2, 0.25) is 0 Å². The number of nitrogens with zero attached hydrogens (tertiary/aromatic N) is 1. The van der Waals surface area contributed by atoms with Gasteiger partial charge >= 0.3 is 0 Å². The Bertz CT molecular complexity index is 682. The summed E-state index contributed by atoms with van der Waals surface area (Å²) in [6.07, 6.45) is 0. The normalized spacial score (nSPS) is 10.2. The van der Waals surface area contributed by atoms with E-state index in [4.69, 9.17) is 10.6 Å². The molecule has 0 aromatic heterocycles. The van der Waals surface area contributed by atoms with Crippen molar-refractivity contribution in [1.82, 2.24) is 0 Å². The molecule has 110 valence electrons. The first-order valence-electron chi connectivity index (χ1n) is 5.83. The number of nitro benzene ring substituents is 1. The molecule has 2 aromatic carbocycles. The number of hydrogen-bond donors (Lipinski definition) is 2. The fourth-order valence-electron chi connectivity index (χ4n) is 1.77. The highest BCUT2D eigenvalue weighted by Gasteiger charge is 2.17. The predicted octanol–water partition coefficient (Wildman–Crippen LogP) is 3.36. The van der Waals surface area contributed by atoms with Gasteiger partial charge in [0, 0.05) is 11.6 Å². The number of para-hydroxylation sites is 1. The summed E-state index contributed by atoms with van der Waals surface area (Å²) < 4.78 is 19.0. The van der Waals surface area contributed by atoms with Crippen molar-refractivity contribution in [2.45, 2.75) is 6.61 Å². The zero-order valence-electron chi connectivity index (χ0n) is 10.7. The van der Waals surface area contributed by atoms with Crippen molar-refractivity contribution < 1.29 is 14.1 Å². The number of nitrogens with one attached hydrogen (secondary N) is 1. The van der Waals surface area contributed by atoms with E-state index in [2.05, 4.69) is 21.4 Å². The lowest BCUT2D eigenvalue weighted by Gasteiger charge is -2.12. The van der Waals surface area contributed by atoms with Gasteiger partial charge in [-0.3, -0.25) is 16.0 Å². The van der Waals surface area contributed by atoms with E-state index in [1.165, 1.54) is 30.3 Å². The van der Waals surface area contributed by atoms with Gasteiger partial charge in [0.05, 0.1) is 9.40 Å². The first-order valence-corrected chi connectivity index (χ1v) is 6.63. The Morgan fingerprint density at radius 2 is 2.14 bits per heavy atom. The molecule has 0 heterocycles. The molecule has 2 aromatic rings. The zero-order valence-corrected chi connectivity index (χ0v) is 12.3. The lowest BCUT2D eigenvalue weighted by molar-refractivity contribution is -0.384. The molecular formula is C13H11BrFN3O3. The number of halogens is 2. The van der Waals surface area contributed by atoms with Crippen molar-refractivity contribution in [1.29, 1.82) is 0 Å². The standard InChI is InChI=1S/C13H11BrFN3O3/c14-10-6-9(15)4-5-12(10)21-7-8-2-1-3-11(18(19)20)13(8)17-16/h1-6,17H,7,16H2. The van der Waals surface area contributed by atoms with Crippen molar-refractivity contribution >= 4 is 27.3 Å². The van der Waals surface area contributed by atoms with E-state index in [9.17, 15) is 14.5 Å². The lowest BCUT2D eigenvalue weighted by atomic mass is 10.1. The Morgan fingerprint density at radius 3 is 2.76 bits per heavy atom. The van der Waals surface area contributed by atoms with Crippen LogP contribution < -0.4 is 16.0 Å². The third-order valence-corrected chi connectivity index (χ3v) is 3.37. The van der Waals surface area contributed by atoms with Crippen molar-refractivity contribution in [2.24, 2.45) is 5.84 Å². The molecule has 0 bridgehead atoms. The highest BCUT2D eigenvalue weighted by atomic mass is 79.9. The van der Waals surface area contributed by atoms with Crippen molar-refractivity contribution in [3.8, 4) is 5.75 Å². The molecule has 3 N–H and O–H groups in total. The minimum atomic E-state index is -0.535. The molecule has 0 saturated carbocycles. The van der Waals surface area contributed by atoms with E-state index in [0.717, 1.165) is 0 Å². The summed E-state index contributed by atoms with van der Waals surface area (Å²) in [5.74, 6) is 5.37. The van der Waals surface area contributed by atoms with Crippen LogP contribution in [0, 0.1) is 15.9 Å². The Morgan fingerprint density at radius 1 is 1.38 bits per heavy atom. The second-order valence-electron chi connectivity index (χ2n) is 4.08. The maximum atomic E-state index is 13.0. The minimum absolute atomic E-state index is 0.0471. The molecule has 6 nitrogen and oxygen atoms in total. The molecule has 0 atom stereocenters. The van der Waals surface area contributed by atoms with Crippen LogP contribution in [-0.2, 0) is 6.61 Å².